The molecule has 3 nitrogen and oxygen atoms in total. The Kier molecular flexibility index (Phi) is 3.54. The summed E-state index contributed by atoms with van der Waals surface area (Å²) in [5.74, 6) is 0.659. The van der Waals surface area contributed by atoms with Crippen LogP contribution < -0.4 is 4.74 Å². The van der Waals surface area contributed by atoms with Gasteiger partial charge in [0.05, 0.1) is 11.6 Å². The monoisotopic (exact) mass is 314 g/mol. The van der Waals surface area contributed by atoms with Crippen LogP contribution in [0.25, 0.3) is 0 Å². The van der Waals surface area contributed by atoms with E-state index < -0.39 is 0 Å². The molecule has 0 atom stereocenters. The minimum absolute atomic E-state index is 0.195. The number of ketones is 1. The number of carbonyl (C=O) groups is 1. The molecule has 0 aliphatic heterocycles. The third-order valence-corrected chi connectivity index (χ3v) is 3.03. The van der Waals surface area contributed by atoms with Crippen molar-refractivity contribution in [1.82, 2.24) is 0 Å². The molecule has 0 unspecified atom stereocenters. The van der Waals surface area contributed by atoms with Gasteiger partial charge < -0.3 is 9.15 Å². The Hall–Kier alpha value is -1.26. The van der Waals surface area contributed by atoms with Crippen LogP contribution in [0.4, 0.5) is 0 Å². The van der Waals surface area contributed by atoms with Crippen molar-refractivity contribution in [2.75, 3.05) is 7.11 Å². The molecule has 88 valence electrons. The molecular formula is C12H8BrClO3. The number of furan rings is 1. The van der Waals surface area contributed by atoms with Crippen LogP contribution in [-0.2, 0) is 0 Å². The molecule has 17 heavy (non-hydrogen) atoms. The minimum Gasteiger partial charge on any atom is -0.496 e. The number of hydrogen-bond acceptors (Lipinski definition) is 3. The highest BCUT2D eigenvalue weighted by Crippen LogP contribution is 2.27. The van der Waals surface area contributed by atoms with E-state index in [1.165, 1.54) is 6.07 Å². The van der Waals surface area contributed by atoms with Gasteiger partial charge in [-0.1, -0.05) is 0 Å². The lowest BCUT2D eigenvalue weighted by molar-refractivity contribution is 0.101. The van der Waals surface area contributed by atoms with Gasteiger partial charge in [0.15, 0.2) is 11.0 Å². The first kappa shape index (κ1) is 12.2. The van der Waals surface area contributed by atoms with Crippen LogP contribution in [0.5, 0.6) is 5.75 Å². The molecule has 1 heterocycles. The Morgan fingerprint density at radius 2 is 2.12 bits per heavy atom. The van der Waals surface area contributed by atoms with Crippen molar-refractivity contribution in [2.24, 2.45) is 0 Å². The summed E-state index contributed by atoms with van der Waals surface area (Å²) < 4.78 is 10.9. The highest BCUT2D eigenvalue weighted by Gasteiger charge is 2.14. The maximum atomic E-state index is 12.0. The van der Waals surface area contributed by atoms with Crippen LogP contribution in [0.1, 0.15) is 16.1 Å². The highest BCUT2D eigenvalue weighted by atomic mass is 79.9. The summed E-state index contributed by atoms with van der Waals surface area (Å²) in [4.78, 5) is 12.0. The van der Waals surface area contributed by atoms with Gasteiger partial charge in [-0.3, -0.25) is 4.79 Å². The lowest BCUT2D eigenvalue weighted by Gasteiger charge is -2.04. The zero-order valence-electron chi connectivity index (χ0n) is 8.87. The van der Waals surface area contributed by atoms with Crippen molar-refractivity contribution in [1.29, 1.82) is 0 Å². The van der Waals surface area contributed by atoms with E-state index in [-0.39, 0.29) is 16.8 Å². The molecule has 0 radical (unpaired) electrons. The van der Waals surface area contributed by atoms with Crippen LogP contribution in [0, 0.1) is 0 Å². The summed E-state index contributed by atoms with van der Waals surface area (Å²) in [6, 6.07) is 8.14. The second-order valence-corrected chi connectivity index (χ2v) is 4.51. The molecule has 0 fully saturated rings. The fourth-order valence-corrected chi connectivity index (χ4v) is 2.07. The predicted molar refractivity (Wildman–Crippen MR) is 67.8 cm³/mol. The molecule has 2 aromatic rings. The van der Waals surface area contributed by atoms with Gasteiger partial charge in [0.25, 0.3) is 0 Å². The number of halogens is 2. The van der Waals surface area contributed by atoms with E-state index in [4.69, 9.17) is 20.8 Å². The minimum atomic E-state index is -0.222. The first-order valence-corrected chi connectivity index (χ1v) is 5.92. The molecule has 0 spiro atoms. The van der Waals surface area contributed by atoms with Gasteiger partial charge in [-0.2, -0.15) is 0 Å². The topological polar surface area (TPSA) is 39.4 Å². The summed E-state index contributed by atoms with van der Waals surface area (Å²) in [5, 5.41) is 0.195. The molecule has 5 heteroatoms. The summed E-state index contributed by atoms with van der Waals surface area (Å²) in [7, 11) is 1.56. The average Bonchev–Trinajstić information content (AvgIpc) is 2.75. The van der Waals surface area contributed by atoms with Gasteiger partial charge in [0, 0.05) is 5.56 Å². The van der Waals surface area contributed by atoms with Crippen molar-refractivity contribution in [2.45, 2.75) is 0 Å². The lowest BCUT2D eigenvalue weighted by atomic mass is 10.1. The number of rotatable bonds is 3. The lowest BCUT2D eigenvalue weighted by Crippen LogP contribution is -1.99. The van der Waals surface area contributed by atoms with Gasteiger partial charge in [-0.25, -0.2) is 0 Å². The molecule has 0 N–H and O–H groups in total. The Morgan fingerprint density at radius 3 is 2.65 bits per heavy atom. The van der Waals surface area contributed by atoms with Crippen molar-refractivity contribution in [3.8, 4) is 5.75 Å². The number of hydrogen-bond donors (Lipinski definition) is 0. The van der Waals surface area contributed by atoms with Gasteiger partial charge >= 0.3 is 0 Å². The SMILES string of the molecule is COc1ccc(C(=O)c2ccc(Cl)o2)cc1Br. The normalized spacial score (nSPS) is 10.3. The molecule has 0 aliphatic rings. The van der Waals surface area contributed by atoms with Gasteiger partial charge in [-0.15, -0.1) is 0 Å². The number of ether oxygens (including phenoxy) is 1. The summed E-state index contributed by atoms with van der Waals surface area (Å²) in [6.07, 6.45) is 0. The Morgan fingerprint density at radius 1 is 1.35 bits per heavy atom. The van der Waals surface area contributed by atoms with Crippen molar-refractivity contribution in [3.63, 3.8) is 0 Å². The Labute approximate surface area is 111 Å². The molecule has 2 rings (SSSR count). The van der Waals surface area contributed by atoms with E-state index in [2.05, 4.69) is 15.9 Å². The van der Waals surface area contributed by atoms with Gasteiger partial charge in [0.1, 0.15) is 5.75 Å². The quantitative estimate of drug-likeness (QED) is 0.806. The third-order valence-electron chi connectivity index (χ3n) is 2.21. The molecule has 0 saturated heterocycles. The fourth-order valence-electron chi connectivity index (χ4n) is 1.39. The maximum Gasteiger partial charge on any atom is 0.228 e. The number of benzene rings is 1. The number of carbonyl (C=O) groups excluding carboxylic acids is 1. The van der Waals surface area contributed by atoms with Gasteiger partial charge in [0.2, 0.25) is 5.78 Å². The second-order valence-electron chi connectivity index (χ2n) is 3.28. The van der Waals surface area contributed by atoms with E-state index >= 15 is 0 Å². The van der Waals surface area contributed by atoms with E-state index in [1.807, 2.05) is 0 Å². The van der Waals surface area contributed by atoms with Crippen molar-refractivity contribution in [3.05, 3.63) is 51.3 Å². The van der Waals surface area contributed by atoms with Crippen molar-refractivity contribution < 1.29 is 13.9 Å². The highest BCUT2D eigenvalue weighted by molar-refractivity contribution is 9.10. The zero-order valence-corrected chi connectivity index (χ0v) is 11.2. The van der Waals surface area contributed by atoms with Crippen molar-refractivity contribution >= 4 is 33.3 Å². The summed E-state index contributed by atoms with van der Waals surface area (Å²) >= 11 is 8.94. The molecule has 0 bridgehead atoms. The Balaban J connectivity index is 2.35. The van der Waals surface area contributed by atoms with E-state index in [9.17, 15) is 4.79 Å². The predicted octanol–water partition coefficient (Wildman–Crippen LogP) is 3.94. The summed E-state index contributed by atoms with van der Waals surface area (Å²) in [5.41, 5.74) is 0.503. The smallest absolute Gasteiger partial charge is 0.228 e. The maximum absolute atomic E-state index is 12.0. The first-order valence-electron chi connectivity index (χ1n) is 4.75. The van der Waals surface area contributed by atoms with E-state index in [1.54, 1.807) is 31.4 Å². The Bertz CT molecular complexity index is 563. The third kappa shape index (κ3) is 2.53. The summed E-state index contributed by atoms with van der Waals surface area (Å²) in [6.45, 7) is 0. The molecule has 1 aromatic heterocycles. The fraction of sp³-hybridized carbons (Fsp3) is 0.0833. The van der Waals surface area contributed by atoms with Crippen LogP contribution >= 0.6 is 27.5 Å². The average molecular weight is 316 g/mol. The molecule has 1 aromatic carbocycles. The second kappa shape index (κ2) is 4.94. The van der Waals surface area contributed by atoms with Crippen LogP contribution in [0.2, 0.25) is 5.22 Å². The van der Waals surface area contributed by atoms with E-state index in [0.717, 1.165) is 0 Å². The van der Waals surface area contributed by atoms with E-state index in [0.29, 0.717) is 15.8 Å². The molecule has 0 saturated carbocycles. The van der Waals surface area contributed by atoms with Crippen LogP contribution in [-0.4, -0.2) is 12.9 Å². The zero-order chi connectivity index (χ0) is 12.4. The van der Waals surface area contributed by atoms with Crippen LogP contribution in [0.3, 0.4) is 0 Å². The first-order chi connectivity index (χ1) is 8.11. The molecule has 0 amide bonds. The number of methoxy groups -OCH3 is 1. The molecular weight excluding hydrogens is 307 g/mol. The van der Waals surface area contributed by atoms with Gasteiger partial charge in [-0.05, 0) is 57.9 Å². The standard InChI is InChI=1S/C12H8BrClO3/c1-16-9-3-2-7(6-8(9)13)12(15)10-4-5-11(14)17-10/h2-6H,1H3. The molecule has 0 aliphatic carbocycles. The largest absolute Gasteiger partial charge is 0.496 e. The van der Waals surface area contributed by atoms with Crippen LogP contribution in [0.15, 0.2) is 39.2 Å².